The van der Waals surface area contributed by atoms with Crippen LogP contribution in [-0.2, 0) is 0 Å². The summed E-state index contributed by atoms with van der Waals surface area (Å²) < 4.78 is 17.4. The lowest BCUT2D eigenvalue weighted by molar-refractivity contribution is 0.289. The van der Waals surface area contributed by atoms with E-state index in [2.05, 4.69) is 11.4 Å². The summed E-state index contributed by atoms with van der Waals surface area (Å²) in [6, 6.07) is 14.9. The van der Waals surface area contributed by atoms with Gasteiger partial charge in [0.15, 0.2) is 0 Å². The first-order chi connectivity index (χ1) is 11.6. The van der Waals surface area contributed by atoms with E-state index in [4.69, 9.17) is 16.3 Å². The number of nitriles is 1. The zero-order valence-electron chi connectivity index (χ0n) is 13.4. The zero-order chi connectivity index (χ0) is 17.4. The van der Waals surface area contributed by atoms with Crippen LogP contribution in [0.3, 0.4) is 0 Å². The molecule has 0 aliphatic heterocycles. The van der Waals surface area contributed by atoms with Crippen molar-refractivity contribution in [3.8, 4) is 11.8 Å². The van der Waals surface area contributed by atoms with Crippen LogP contribution in [0.15, 0.2) is 48.7 Å². The van der Waals surface area contributed by atoms with Crippen molar-refractivity contribution in [3.63, 3.8) is 0 Å². The topological polar surface area (TPSA) is 45.0 Å². The molecule has 3 nitrogen and oxygen atoms in total. The Morgan fingerprint density at radius 3 is 2.67 bits per heavy atom. The molecular formula is C19H18ClFN2O. The second-order valence-electron chi connectivity index (χ2n) is 5.19. The van der Waals surface area contributed by atoms with E-state index >= 15 is 0 Å². The number of nitrogens with one attached hydrogen (secondary N) is 1. The van der Waals surface area contributed by atoms with E-state index in [1.807, 2.05) is 25.1 Å². The molecule has 0 atom stereocenters. The lowest BCUT2D eigenvalue weighted by Gasteiger charge is -2.07. The average Bonchev–Trinajstić information content (AvgIpc) is 2.60. The Bertz CT molecular complexity index is 751. The number of hydrogen-bond acceptors (Lipinski definition) is 3. The average molecular weight is 345 g/mol. The van der Waals surface area contributed by atoms with Gasteiger partial charge in [-0.1, -0.05) is 17.7 Å². The number of hydrogen-bond donors (Lipinski definition) is 1. The van der Waals surface area contributed by atoms with Crippen LogP contribution in [0.5, 0.6) is 5.75 Å². The zero-order valence-corrected chi connectivity index (χ0v) is 14.1. The van der Waals surface area contributed by atoms with Crippen LogP contribution >= 0.6 is 11.6 Å². The van der Waals surface area contributed by atoms with Gasteiger partial charge in [-0.3, -0.25) is 4.39 Å². The van der Waals surface area contributed by atoms with E-state index in [0.29, 0.717) is 29.4 Å². The highest BCUT2D eigenvalue weighted by Crippen LogP contribution is 2.22. The monoisotopic (exact) mass is 344 g/mol. The minimum Gasteiger partial charge on any atom is -0.493 e. The van der Waals surface area contributed by atoms with Gasteiger partial charge in [0.05, 0.1) is 18.9 Å². The number of benzene rings is 2. The van der Waals surface area contributed by atoms with Crippen LogP contribution in [0, 0.1) is 18.3 Å². The highest BCUT2D eigenvalue weighted by molar-refractivity contribution is 6.31. The van der Waals surface area contributed by atoms with Crippen molar-refractivity contribution < 1.29 is 9.13 Å². The number of aryl methyl sites for hydroxylation is 1. The molecule has 5 heteroatoms. The van der Waals surface area contributed by atoms with Gasteiger partial charge < -0.3 is 10.1 Å². The molecule has 2 aromatic rings. The molecule has 0 heterocycles. The second kappa shape index (κ2) is 8.95. The Hall–Kier alpha value is -2.51. The summed E-state index contributed by atoms with van der Waals surface area (Å²) in [5.41, 5.74) is 3.06. The van der Waals surface area contributed by atoms with Crippen molar-refractivity contribution in [2.45, 2.75) is 13.3 Å². The number of halogens is 2. The summed E-state index contributed by atoms with van der Waals surface area (Å²) in [6.45, 7) is 1.88. The van der Waals surface area contributed by atoms with Crippen molar-refractivity contribution in [2.75, 3.05) is 18.6 Å². The minimum atomic E-state index is -0.395. The Morgan fingerprint density at radius 2 is 2.04 bits per heavy atom. The molecule has 124 valence electrons. The van der Waals surface area contributed by atoms with Crippen molar-refractivity contribution in [1.82, 2.24) is 0 Å². The maximum absolute atomic E-state index is 12.0. The number of nitrogens with zero attached hydrogens (tertiary/aromatic N) is 1. The smallest absolute Gasteiger partial charge is 0.119 e. The molecule has 24 heavy (non-hydrogen) atoms. The molecule has 0 radical (unpaired) electrons. The standard InChI is InChI=1S/C19H18ClFN2O/c1-14-3-6-17(11-19(14)20)23-13-16(12-22)15-4-7-18(8-5-15)24-10-2-9-21/h3-8,11,13,23H,2,9-10H2,1H3/b16-13+. The normalized spacial score (nSPS) is 11.0. The quantitative estimate of drug-likeness (QED) is 0.543. The Labute approximate surface area is 146 Å². The molecule has 1 N–H and O–H groups in total. The van der Waals surface area contributed by atoms with Crippen molar-refractivity contribution >= 4 is 22.9 Å². The summed E-state index contributed by atoms with van der Waals surface area (Å²) in [6.07, 6.45) is 2.01. The van der Waals surface area contributed by atoms with Gasteiger partial charge in [-0.2, -0.15) is 5.26 Å². The van der Waals surface area contributed by atoms with E-state index in [0.717, 1.165) is 16.8 Å². The van der Waals surface area contributed by atoms with Crippen LogP contribution in [0.2, 0.25) is 5.02 Å². The largest absolute Gasteiger partial charge is 0.493 e. The number of allylic oxidation sites excluding steroid dienone is 1. The first kappa shape index (κ1) is 17.8. The molecule has 0 aliphatic rings. The first-order valence-electron chi connectivity index (χ1n) is 7.56. The summed E-state index contributed by atoms with van der Waals surface area (Å²) in [5.74, 6) is 0.655. The fourth-order valence-electron chi connectivity index (χ4n) is 1.99. The van der Waals surface area contributed by atoms with Gasteiger partial charge in [-0.15, -0.1) is 0 Å². The van der Waals surface area contributed by atoms with Gasteiger partial charge >= 0.3 is 0 Å². The van der Waals surface area contributed by atoms with E-state index in [9.17, 15) is 9.65 Å². The maximum Gasteiger partial charge on any atom is 0.119 e. The van der Waals surface area contributed by atoms with Crippen molar-refractivity contribution in [2.24, 2.45) is 0 Å². The van der Waals surface area contributed by atoms with Crippen LogP contribution < -0.4 is 10.1 Å². The van der Waals surface area contributed by atoms with Gasteiger partial charge in [-0.25, -0.2) is 0 Å². The fourth-order valence-corrected chi connectivity index (χ4v) is 2.17. The molecule has 0 aromatic heterocycles. The molecule has 2 aromatic carbocycles. The molecule has 0 fully saturated rings. The predicted molar refractivity (Wildman–Crippen MR) is 95.9 cm³/mol. The van der Waals surface area contributed by atoms with Crippen LogP contribution in [0.4, 0.5) is 10.1 Å². The van der Waals surface area contributed by atoms with Gasteiger partial charge in [0.25, 0.3) is 0 Å². The first-order valence-corrected chi connectivity index (χ1v) is 7.94. The summed E-state index contributed by atoms with van der Waals surface area (Å²) in [5, 5.41) is 13.1. The van der Waals surface area contributed by atoms with Crippen LogP contribution in [0.25, 0.3) is 5.57 Å². The van der Waals surface area contributed by atoms with Crippen LogP contribution in [-0.4, -0.2) is 13.3 Å². The molecule has 2 rings (SSSR count). The maximum atomic E-state index is 12.0. The molecule has 0 unspecified atom stereocenters. The molecule has 0 saturated carbocycles. The second-order valence-corrected chi connectivity index (χ2v) is 5.60. The van der Waals surface area contributed by atoms with Gasteiger partial charge in [0.1, 0.15) is 11.8 Å². The fraction of sp³-hybridized carbons (Fsp3) is 0.211. The van der Waals surface area contributed by atoms with Crippen molar-refractivity contribution in [3.05, 3.63) is 64.8 Å². The molecular weight excluding hydrogens is 327 g/mol. The Morgan fingerprint density at radius 1 is 1.29 bits per heavy atom. The molecule has 0 saturated heterocycles. The van der Waals surface area contributed by atoms with E-state index in [1.165, 1.54) is 0 Å². The summed E-state index contributed by atoms with van der Waals surface area (Å²) in [7, 11) is 0. The number of alkyl halides is 1. The van der Waals surface area contributed by atoms with Gasteiger partial charge in [0, 0.05) is 23.3 Å². The Kier molecular flexibility index (Phi) is 6.65. The molecule has 0 aliphatic carbocycles. The third kappa shape index (κ3) is 5.00. The number of rotatable bonds is 7. The van der Waals surface area contributed by atoms with Crippen LogP contribution in [0.1, 0.15) is 17.5 Å². The van der Waals surface area contributed by atoms with Gasteiger partial charge in [-0.05, 0) is 54.4 Å². The lowest BCUT2D eigenvalue weighted by Crippen LogP contribution is -1.98. The number of anilines is 1. The van der Waals surface area contributed by atoms with E-state index in [-0.39, 0.29) is 0 Å². The van der Waals surface area contributed by atoms with E-state index < -0.39 is 6.67 Å². The SMILES string of the molecule is Cc1ccc(N/C=C(\C#N)c2ccc(OCCCF)cc2)cc1Cl. The third-order valence-electron chi connectivity index (χ3n) is 3.39. The Balaban J connectivity index is 2.07. The number of ether oxygens (including phenoxy) is 1. The predicted octanol–water partition coefficient (Wildman–Crippen LogP) is 5.36. The lowest BCUT2D eigenvalue weighted by atomic mass is 10.1. The minimum absolute atomic E-state index is 0.340. The summed E-state index contributed by atoms with van der Waals surface area (Å²) >= 11 is 6.09. The van der Waals surface area contributed by atoms with E-state index in [1.54, 1.807) is 30.5 Å². The van der Waals surface area contributed by atoms with Crippen molar-refractivity contribution in [1.29, 1.82) is 5.26 Å². The molecule has 0 spiro atoms. The van der Waals surface area contributed by atoms with Gasteiger partial charge in [0.2, 0.25) is 0 Å². The highest BCUT2D eigenvalue weighted by atomic mass is 35.5. The third-order valence-corrected chi connectivity index (χ3v) is 3.79. The molecule has 0 bridgehead atoms. The summed E-state index contributed by atoms with van der Waals surface area (Å²) in [4.78, 5) is 0. The highest BCUT2D eigenvalue weighted by Gasteiger charge is 2.02. The molecule has 0 amide bonds.